The third-order valence-corrected chi connectivity index (χ3v) is 5.66. The number of rotatable bonds is 5. The van der Waals surface area contributed by atoms with Crippen molar-refractivity contribution >= 4 is 17.7 Å². The molecule has 0 aromatic carbocycles. The summed E-state index contributed by atoms with van der Waals surface area (Å²) in [5.74, 6) is 1.11. The Morgan fingerprint density at radius 3 is 2.62 bits per heavy atom. The molecule has 1 saturated heterocycles. The lowest BCUT2D eigenvalue weighted by Gasteiger charge is -2.34. The van der Waals surface area contributed by atoms with Crippen molar-refractivity contribution in [3.63, 3.8) is 0 Å². The summed E-state index contributed by atoms with van der Waals surface area (Å²) in [6.07, 6.45) is 5.33. The molecule has 1 aliphatic rings. The largest absolute Gasteiger partial charge is 0.461 e. The van der Waals surface area contributed by atoms with Gasteiger partial charge in [0.15, 0.2) is 11.6 Å². The Bertz CT molecular complexity index is 970. The van der Waals surface area contributed by atoms with Crippen molar-refractivity contribution in [1.82, 2.24) is 24.8 Å². The van der Waals surface area contributed by atoms with E-state index in [1.54, 1.807) is 12.3 Å². The van der Waals surface area contributed by atoms with Gasteiger partial charge in [-0.3, -0.25) is 14.7 Å². The van der Waals surface area contributed by atoms with Crippen molar-refractivity contribution in [3.8, 4) is 11.6 Å². The molecule has 0 bridgehead atoms. The van der Waals surface area contributed by atoms with E-state index in [4.69, 9.17) is 4.42 Å². The van der Waals surface area contributed by atoms with Crippen LogP contribution in [0.25, 0.3) is 11.6 Å². The molecule has 29 heavy (non-hydrogen) atoms. The van der Waals surface area contributed by atoms with Crippen LogP contribution in [0.5, 0.6) is 0 Å². The number of aromatic nitrogens is 3. The van der Waals surface area contributed by atoms with Gasteiger partial charge in [0.2, 0.25) is 0 Å². The molecular formula is C21H23N5O2S. The molecule has 0 spiro atoms. The topological polar surface area (TPSA) is 75.4 Å². The van der Waals surface area contributed by atoms with Crippen LogP contribution in [0.15, 0.2) is 52.2 Å². The summed E-state index contributed by atoms with van der Waals surface area (Å²) >= 11 is 1.46. The van der Waals surface area contributed by atoms with Crippen LogP contribution < -0.4 is 0 Å². The zero-order chi connectivity index (χ0) is 20.2. The van der Waals surface area contributed by atoms with Crippen molar-refractivity contribution < 1.29 is 9.21 Å². The van der Waals surface area contributed by atoms with Crippen molar-refractivity contribution in [3.05, 3.63) is 59.7 Å². The minimum atomic E-state index is -0.00432. The van der Waals surface area contributed by atoms with E-state index in [1.165, 1.54) is 11.8 Å². The van der Waals surface area contributed by atoms with Gasteiger partial charge in [0, 0.05) is 38.9 Å². The number of amides is 1. The van der Waals surface area contributed by atoms with E-state index in [-0.39, 0.29) is 5.91 Å². The van der Waals surface area contributed by atoms with Crippen LogP contribution in [0.1, 0.15) is 21.7 Å². The van der Waals surface area contributed by atoms with Crippen molar-refractivity contribution in [2.75, 3.05) is 32.4 Å². The van der Waals surface area contributed by atoms with Gasteiger partial charge >= 0.3 is 0 Å². The number of nitrogens with zero attached hydrogens (tertiary/aromatic N) is 5. The highest BCUT2D eigenvalue weighted by molar-refractivity contribution is 7.98. The first-order valence-electron chi connectivity index (χ1n) is 9.53. The molecular weight excluding hydrogens is 386 g/mol. The summed E-state index contributed by atoms with van der Waals surface area (Å²) in [4.78, 5) is 31.0. The maximum Gasteiger partial charge on any atom is 0.258 e. The first-order valence-corrected chi connectivity index (χ1v) is 10.8. The van der Waals surface area contributed by atoms with Crippen LogP contribution in [0, 0.1) is 6.92 Å². The molecule has 4 heterocycles. The monoisotopic (exact) mass is 409 g/mol. The molecule has 1 amide bonds. The molecule has 0 radical (unpaired) electrons. The Kier molecular flexibility index (Phi) is 5.92. The number of pyridine rings is 1. The molecule has 0 unspecified atom stereocenters. The smallest absolute Gasteiger partial charge is 0.258 e. The Labute approximate surface area is 174 Å². The zero-order valence-electron chi connectivity index (χ0n) is 16.5. The Balaban J connectivity index is 1.47. The standard InChI is InChI=1S/C21H23N5O2S/c1-15-18(20(29-2)24-19(23-15)17-7-5-13-28-17)21(27)26-11-9-25(10-12-26)14-16-6-3-4-8-22-16/h3-8,13H,9-12,14H2,1-2H3. The Morgan fingerprint density at radius 1 is 1.14 bits per heavy atom. The summed E-state index contributed by atoms with van der Waals surface area (Å²) in [6.45, 7) is 5.66. The SMILES string of the molecule is CSc1nc(-c2ccco2)nc(C)c1C(=O)N1CCN(Cc2ccccn2)CC1. The van der Waals surface area contributed by atoms with E-state index in [0.717, 1.165) is 25.3 Å². The van der Waals surface area contributed by atoms with Crippen LogP contribution in [0.2, 0.25) is 0 Å². The van der Waals surface area contributed by atoms with Crippen LogP contribution in [0.3, 0.4) is 0 Å². The first-order chi connectivity index (χ1) is 14.2. The maximum absolute atomic E-state index is 13.2. The number of piperazine rings is 1. The Morgan fingerprint density at radius 2 is 1.97 bits per heavy atom. The molecule has 0 aliphatic carbocycles. The molecule has 3 aromatic heterocycles. The summed E-state index contributed by atoms with van der Waals surface area (Å²) in [6, 6.07) is 9.58. The Hall–Kier alpha value is -2.71. The number of thioether (sulfide) groups is 1. The van der Waals surface area contributed by atoms with Crippen LogP contribution in [0.4, 0.5) is 0 Å². The van der Waals surface area contributed by atoms with Crippen molar-refractivity contribution in [2.24, 2.45) is 0 Å². The molecule has 1 fully saturated rings. The van der Waals surface area contributed by atoms with Crippen LogP contribution in [-0.2, 0) is 6.54 Å². The van der Waals surface area contributed by atoms with Gasteiger partial charge in [-0.15, -0.1) is 11.8 Å². The van der Waals surface area contributed by atoms with Gasteiger partial charge in [-0.2, -0.15) is 0 Å². The van der Waals surface area contributed by atoms with E-state index in [1.807, 2.05) is 48.5 Å². The molecule has 150 valence electrons. The van der Waals surface area contributed by atoms with E-state index in [2.05, 4.69) is 19.9 Å². The normalized spacial score (nSPS) is 14.9. The van der Waals surface area contributed by atoms with Gasteiger partial charge < -0.3 is 9.32 Å². The van der Waals surface area contributed by atoms with E-state index in [0.29, 0.717) is 41.0 Å². The van der Waals surface area contributed by atoms with Gasteiger partial charge in [-0.25, -0.2) is 9.97 Å². The number of aryl methyl sites for hydroxylation is 1. The average Bonchev–Trinajstić information content (AvgIpc) is 3.29. The fraction of sp³-hybridized carbons (Fsp3) is 0.333. The van der Waals surface area contributed by atoms with Crippen molar-refractivity contribution in [1.29, 1.82) is 0 Å². The van der Waals surface area contributed by atoms with Crippen LogP contribution in [-0.4, -0.2) is 63.1 Å². The second-order valence-corrected chi connectivity index (χ2v) is 7.68. The third kappa shape index (κ3) is 4.33. The molecule has 8 heteroatoms. The molecule has 0 saturated carbocycles. The highest BCUT2D eigenvalue weighted by Crippen LogP contribution is 2.26. The first kappa shape index (κ1) is 19.6. The second-order valence-electron chi connectivity index (χ2n) is 6.88. The lowest BCUT2D eigenvalue weighted by molar-refractivity contribution is 0.0621. The lowest BCUT2D eigenvalue weighted by Crippen LogP contribution is -2.48. The number of carbonyl (C=O) groups is 1. The number of hydrogen-bond acceptors (Lipinski definition) is 7. The van der Waals surface area contributed by atoms with Gasteiger partial charge in [0.1, 0.15) is 5.03 Å². The highest BCUT2D eigenvalue weighted by atomic mass is 32.2. The second kappa shape index (κ2) is 8.75. The van der Waals surface area contributed by atoms with E-state index < -0.39 is 0 Å². The third-order valence-electron chi connectivity index (χ3n) is 4.98. The summed E-state index contributed by atoms with van der Waals surface area (Å²) < 4.78 is 5.41. The van der Waals surface area contributed by atoms with Gasteiger partial charge in [0.25, 0.3) is 5.91 Å². The summed E-state index contributed by atoms with van der Waals surface area (Å²) in [7, 11) is 0. The van der Waals surface area contributed by atoms with E-state index in [9.17, 15) is 4.79 Å². The number of carbonyl (C=O) groups excluding carboxylic acids is 1. The maximum atomic E-state index is 13.2. The molecule has 4 rings (SSSR count). The lowest BCUT2D eigenvalue weighted by atomic mass is 10.2. The molecule has 0 N–H and O–H groups in total. The predicted molar refractivity (Wildman–Crippen MR) is 112 cm³/mol. The van der Waals surface area contributed by atoms with E-state index >= 15 is 0 Å². The quantitative estimate of drug-likeness (QED) is 0.473. The molecule has 3 aromatic rings. The highest BCUT2D eigenvalue weighted by Gasteiger charge is 2.27. The van der Waals surface area contributed by atoms with Gasteiger partial charge in [-0.05, 0) is 37.4 Å². The van der Waals surface area contributed by atoms with Crippen molar-refractivity contribution in [2.45, 2.75) is 18.5 Å². The fourth-order valence-corrected chi connectivity index (χ4v) is 4.06. The zero-order valence-corrected chi connectivity index (χ0v) is 17.4. The summed E-state index contributed by atoms with van der Waals surface area (Å²) in [5.41, 5.74) is 2.32. The molecule has 1 aliphatic heterocycles. The van der Waals surface area contributed by atoms with Gasteiger partial charge in [0.05, 0.1) is 23.2 Å². The minimum Gasteiger partial charge on any atom is -0.461 e. The predicted octanol–water partition coefficient (Wildman–Crippen LogP) is 3.12. The number of hydrogen-bond donors (Lipinski definition) is 0. The average molecular weight is 410 g/mol. The number of furan rings is 1. The van der Waals surface area contributed by atoms with Gasteiger partial charge in [-0.1, -0.05) is 6.07 Å². The molecule has 7 nitrogen and oxygen atoms in total. The fourth-order valence-electron chi connectivity index (χ4n) is 3.44. The molecule has 0 atom stereocenters. The minimum absolute atomic E-state index is 0.00432. The summed E-state index contributed by atoms with van der Waals surface area (Å²) in [5, 5.41) is 0.685. The van der Waals surface area contributed by atoms with Crippen LogP contribution >= 0.6 is 11.8 Å².